The van der Waals surface area contributed by atoms with Crippen molar-refractivity contribution in [2.45, 2.75) is 25.3 Å². The Morgan fingerprint density at radius 1 is 1.36 bits per heavy atom. The molecule has 22 heavy (non-hydrogen) atoms. The van der Waals surface area contributed by atoms with Gasteiger partial charge in [0.2, 0.25) is 5.95 Å². The van der Waals surface area contributed by atoms with E-state index in [0.29, 0.717) is 12.5 Å². The van der Waals surface area contributed by atoms with Crippen molar-refractivity contribution < 1.29 is 9.53 Å². The molecule has 2 N–H and O–H groups in total. The van der Waals surface area contributed by atoms with Crippen LogP contribution >= 0.6 is 0 Å². The summed E-state index contributed by atoms with van der Waals surface area (Å²) in [7, 11) is 0. The minimum atomic E-state index is -0.0901. The molecule has 7 nitrogen and oxygen atoms in total. The van der Waals surface area contributed by atoms with E-state index in [-0.39, 0.29) is 12.1 Å². The van der Waals surface area contributed by atoms with Crippen LogP contribution in [0.25, 0.3) is 0 Å². The third-order valence-electron chi connectivity index (χ3n) is 4.17. The van der Waals surface area contributed by atoms with Crippen molar-refractivity contribution in [3.63, 3.8) is 0 Å². The number of carbonyl (C=O) groups excluding carboxylic acids is 1. The second-order valence-electron chi connectivity index (χ2n) is 5.92. The lowest BCUT2D eigenvalue weighted by atomic mass is 10.1. The molecule has 1 aromatic heterocycles. The SMILES string of the molecule is O=C(NC[C@H]1CCOC1)N[C@@H]1CCCN(c2ncccn2)C1. The Balaban J connectivity index is 1.44. The van der Waals surface area contributed by atoms with Crippen LogP contribution in [0.15, 0.2) is 18.5 Å². The van der Waals surface area contributed by atoms with Gasteiger partial charge in [-0.2, -0.15) is 0 Å². The van der Waals surface area contributed by atoms with Gasteiger partial charge in [-0.15, -0.1) is 0 Å². The minimum absolute atomic E-state index is 0.0901. The van der Waals surface area contributed by atoms with Crippen LogP contribution in [-0.4, -0.2) is 54.9 Å². The summed E-state index contributed by atoms with van der Waals surface area (Å²) in [5.74, 6) is 1.18. The van der Waals surface area contributed by atoms with Crippen LogP contribution < -0.4 is 15.5 Å². The van der Waals surface area contributed by atoms with Crippen molar-refractivity contribution >= 4 is 12.0 Å². The molecule has 0 unspecified atom stereocenters. The smallest absolute Gasteiger partial charge is 0.315 e. The van der Waals surface area contributed by atoms with E-state index in [4.69, 9.17) is 4.74 Å². The van der Waals surface area contributed by atoms with Gasteiger partial charge in [0, 0.05) is 50.6 Å². The molecule has 2 aliphatic heterocycles. The van der Waals surface area contributed by atoms with Crippen LogP contribution in [0.1, 0.15) is 19.3 Å². The standard InChI is InChI=1S/C15H23N5O2/c21-15(18-9-12-4-8-22-11-12)19-13-3-1-7-20(10-13)14-16-5-2-6-17-14/h2,5-6,12-13H,1,3-4,7-11H2,(H2,18,19,21)/t12-,13-/m1/s1. The molecular weight excluding hydrogens is 282 g/mol. The van der Waals surface area contributed by atoms with Crippen molar-refractivity contribution in [3.05, 3.63) is 18.5 Å². The number of ether oxygens (including phenoxy) is 1. The Hall–Kier alpha value is -1.89. The second-order valence-corrected chi connectivity index (χ2v) is 5.92. The average molecular weight is 305 g/mol. The van der Waals surface area contributed by atoms with E-state index in [1.165, 1.54) is 0 Å². The summed E-state index contributed by atoms with van der Waals surface area (Å²) < 4.78 is 5.31. The lowest BCUT2D eigenvalue weighted by molar-refractivity contribution is 0.185. The molecule has 0 aliphatic carbocycles. The van der Waals surface area contributed by atoms with Crippen molar-refractivity contribution in [1.29, 1.82) is 0 Å². The largest absolute Gasteiger partial charge is 0.381 e. The van der Waals surface area contributed by atoms with Crippen molar-refractivity contribution in [2.24, 2.45) is 5.92 Å². The summed E-state index contributed by atoms with van der Waals surface area (Å²) >= 11 is 0. The van der Waals surface area contributed by atoms with Crippen LogP contribution in [0.2, 0.25) is 0 Å². The van der Waals surface area contributed by atoms with Crippen molar-refractivity contribution in [1.82, 2.24) is 20.6 Å². The molecule has 1 aromatic rings. The first kappa shape index (κ1) is 15.0. The Labute approximate surface area is 130 Å². The number of amides is 2. The molecular formula is C15H23N5O2. The first-order valence-electron chi connectivity index (χ1n) is 7.95. The van der Waals surface area contributed by atoms with E-state index in [2.05, 4.69) is 25.5 Å². The summed E-state index contributed by atoms with van der Waals surface area (Å²) in [6.07, 6.45) is 6.54. The highest BCUT2D eigenvalue weighted by Gasteiger charge is 2.23. The van der Waals surface area contributed by atoms with Gasteiger partial charge in [-0.3, -0.25) is 0 Å². The Morgan fingerprint density at radius 2 is 2.23 bits per heavy atom. The van der Waals surface area contributed by atoms with Gasteiger partial charge in [0.05, 0.1) is 6.61 Å². The number of anilines is 1. The third-order valence-corrected chi connectivity index (χ3v) is 4.17. The highest BCUT2D eigenvalue weighted by Crippen LogP contribution is 2.15. The van der Waals surface area contributed by atoms with E-state index in [0.717, 1.165) is 51.5 Å². The number of urea groups is 1. The predicted molar refractivity (Wildman–Crippen MR) is 82.7 cm³/mol. The number of rotatable bonds is 4. The molecule has 3 rings (SSSR count). The lowest BCUT2D eigenvalue weighted by Gasteiger charge is -2.33. The first-order chi connectivity index (χ1) is 10.8. The van der Waals surface area contributed by atoms with E-state index < -0.39 is 0 Å². The van der Waals surface area contributed by atoms with E-state index in [9.17, 15) is 4.79 Å². The molecule has 3 heterocycles. The first-order valence-corrected chi connectivity index (χ1v) is 7.95. The van der Waals surface area contributed by atoms with Gasteiger partial charge in [0.15, 0.2) is 0 Å². The van der Waals surface area contributed by atoms with Crippen LogP contribution in [0.5, 0.6) is 0 Å². The van der Waals surface area contributed by atoms with Gasteiger partial charge < -0.3 is 20.3 Å². The molecule has 0 bridgehead atoms. The fraction of sp³-hybridized carbons (Fsp3) is 0.667. The molecule has 2 atom stereocenters. The zero-order chi connectivity index (χ0) is 15.2. The Kier molecular flexibility index (Phi) is 5.05. The molecule has 120 valence electrons. The number of aromatic nitrogens is 2. The summed E-state index contributed by atoms with van der Waals surface area (Å²) in [5, 5.41) is 6.00. The van der Waals surface area contributed by atoms with Gasteiger partial charge in [-0.1, -0.05) is 0 Å². The monoisotopic (exact) mass is 305 g/mol. The molecule has 2 aliphatic rings. The maximum Gasteiger partial charge on any atom is 0.315 e. The molecule has 0 aromatic carbocycles. The van der Waals surface area contributed by atoms with Gasteiger partial charge in [-0.05, 0) is 25.3 Å². The normalized spacial score (nSPS) is 25.0. The number of nitrogens with one attached hydrogen (secondary N) is 2. The number of carbonyl (C=O) groups is 1. The summed E-state index contributed by atoms with van der Waals surface area (Å²) in [6, 6.07) is 1.86. The third kappa shape index (κ3) is 4.07. The number of hydrogen-bond acceptors (Lipinski definition) is 5. The second kappa shape index (κ2) is 7.40. The summed E-state index contributed by atoms with van der Waals surface area (Å²) in [5.41, 5.74) is 0. The van der Waals surface area contributed by atoms with Gasteiger partial charge >= 0.3 is 6.03 Å². The number of nitrogens with zero attached hydrogens (tertiary/aromatic N) is 3. The molecule has 0 spiro atoms. The lowest BCUT2D eigenvalue weighted by Crippen LogP contribution is -2.51. The number of piperidine rings is 1. The quantitative estimate of drug-likeness (QED) is 0.859. The van der Waals surface area contributed by atoms with Crippen LogP contribution in [0.4, 0.5) is 10.7 Å². The highest BCUT2D eigenvalue weighted by molar-refractivity contribution is 5.74. The summed E-state index contributed by atoms with van der Waals surface area (Å²) in [6.45, 7) is 3.93. The van der Waals surface area contributed by atoms with Crippen molar-refractivity contribution in [2.75, 3.05) is 37.7 Å². The van der Waals surface area contributed by atoms with E-state index in [1.807, 2.05) is 6.07 Å². The fourth-order valence-electron chi connectivity index (χ4n) is 2.95. The maximum atomic E-state index is 12.0. The fourth-order valence-corrected chi connectivity index (χ4v) is 2.95. The van der Waals surface area contributed by atoms with Crippen LogP contribution in [0.3, 0.4) is 0 Å². The average Bonchev–Trinajstić information content (AvgIpc) is 3.08. The predicted octanol–water partition coefficient (Wildman–Crippen LogP) is 0.781. The van der Waals surface area contributed by atoms with Gasteiger partial charge in [-0.25, -0.2) is 14.8 Å². The van der Waals surface area contributed by atoms with E-state index in [1.54, 1.807) is 12.4 Å². The number of hydrogen-bond donors (Lipinski definition) is 2. The molecule has 2 fully saturated rings. The maximum absolute atomic E-state index is 12.0. The minimum Gasteiger partial charge on any atom is -0.381 e. The highest BCUT2D eigenvalue weighted by atomic mass is 16.5. The summed E-state index contributed by atoms with van der Waals surface area (Å²) in [4.78, 5) is 22.7. The van der Waals surface area contributed by atoms with Gasteiger partial charge in [0.25, 0.3) is 0 Å². The van der Waals surface area contributed by atoms with Gasteiger partial charge in [0.1, 0.15) is 0 Å². The van der Waals surface area contributed by atoms with Crippen molar-refractivity contribution in [3.8, 4) is 0 Å². The molecule has 0 saturated carbocycles. The molecule has 0 radical (unpaired) electrons. The van der Waals surface area contributed by atoms with E-state index >= 15 is 0 Å². The Bertz CT molecular complexity index is 478. The van der Waals surface area contributed by atoms with Crippen LogP contribution in [-0.2, 0) is 4.74 Å². The molecule has 2 amide bonds. The topological polar surface area (TPSA) is 79.4 Å². The molecule has 7 heteroatoms. The zero-order valence-corrected chi connectivity index (χ0v) is 12.7. The molecule has 2 saturated heterocycles. The Morgan fingerprint density at radius 3 is 3.00 bits per heavy atom. The zero-order valence-electron chi connectivity index (χ0n) is 12.7. The van der Waals surface area contributed by atoms with Crippen LogP contribution in [0, 0.1) is 5.92 Å².